The average Bonchev–Trinajstić information content (AvgIpc) is 2.43. The van der Waals surface area contributed by atoms with E-state index in [2.05, 4.69) is 22.9 Å². The number of hydrogen-bond acceptors (Lipinski definition) is 2. The van der Waals surface area contributed by atoms with Gasteiger partial charge in [-0.3, -0.25) is 4.79 Å². The van der Waals surface area contributed by atoms with Gasteiger partial charge >= 0.3 is 0 Å². The maximum Gasteiger partial charge on any atom is 0.163 e. The minimum absolute atomic E-state index is 0.275. The smallest absolute Gasteiger partial charge is 0.163 e. The lowest BCUT2D eigenvalue weighted by atomic mass is 9.90. The number of aryl methyl sites for hydroxylation is 1. The zero-order valence-electron chi connectivity index (χ0n) is 11.5. The Morgan fingerprint density at radius 1 is 1.37 bits per heavy atom. The Bertz CT molecular complexity index is 442. The van der Waals surface area contributed by atoms with E-state index in [1.54, 1.807) is 0 Å². The van der Waals surface area contributed by atoms with Crippen molar-refractivity contribution in [1.29, 1.82) is 0 Å². The molecule has 1 aliphatic rings. The second kappa shape index (κ2) is 7.09. The summed E-state index contributed by atoms with van der Waals surface area (Å²) in [6.07, 6.45) is 5.01. The van der Waals surface area contributed by atoms with Gasteiger partial charge in [-0.2, -0.15) is 0 Å². The van der Waals surface area contributed by atoms with Gasteiger partial charge in [0, 0.05) is 23.2 Å². The summed E-state index contributed by atoms with van der Waals surface area (Å²) in [5, 5.41) is 0.976. The highest BCUT2D eigenvalue weighted by Gasteiger charge is 2.17. The molecule has 0 N–H and O–H groups in total. The molecule has 104 valence electrons. The molecule has 0 aromatic heterocycles. The van der Waals surface area contributed by atoms with Crippen molar-refractivity contribution < 1.29 is 9.53 Å². The van der Waals surface area contributed by atoms with Gasteiger partial charge in [-0.1, -0.05) is 29.3 Å². The largest absolute Gasteiger partial charge is 0.493 e. The van der Waals surface area contributed by atoms with Crippen LogP contribution in [0.3, 0.4) is 0 Å². The van der Waals surface area contributed by atoms with Crippen molar-refractivity contribution in [3.63, 3.8) is 0 Å². The van der Waals surface area contributed by atoms with E-state index in [4.69, 9.17) is 4.74 Å². The molecule has 1 aromatic rings. The number of hydrogen-bond donors (Lipinski definition) is 0. The molecule has 1 atom stereocenters. The molecule has 1 aliphatic carbocycles. The zero-order valence-corrected chi connectivity index (χ0v) is 13.0. The standard InChI is InChI=1S/C16H21BrO2/c1-2-4-12(10-17)11-19-14-7-8-15-13(9-14)5-3-6-16(15)18/h7-9,12H,2-6,10-11H2,1H3. The zero-order chi connectivity index (χ0) is 13.7. The number of ketones is 1. The molecule has 2 nitrogen and oxygen atoms in total. The molecule has 0 heterocycles. The fourth-order valence-corrected chi connectivity index (χ4v) is 3.05. The van der Waals surface area contributed by atoms with E-state index in [-0.39, 0.29) is 5.78 Å². The summed E-state index contributed by atoms with van der Waals surface area (Å²) in [5.74, 6) is 1.73. The van der Waals surface area contributed by atoms with Crippen LogP contribution in [-0.2, 0) is 6.42 Å². The van der Waals surface area contributed by atoms with Gasteiger partial charge in [-0.05, 0) is 43.0 Å². The van der Waals surface area contributed by atoms with E-state index in [1.165, 1.54) is 12.8 Å². The molecule has 0 saturated carbocycles. The molecule has 1 aromatic carbocycles. The topological polar surface area (TPSA) is 26.3 Å². The Kier molecular flexibility index (Phi) is 5.44. The number of Topliss-reactive ketones (excluding diaryl/α,β-unsaturated/α-hetero) is 1. The molecule has 0 saturated heterocycles. The van der Waals surface area contributed by atoms with Gasteiger partial charge in [0.2, 0.25) is 0 Å². The molecule has 0 aliphatic heterocycles. The van der Waals surface area contributed by atoms with Crippen LogP contribution in [0.5, 0.6) is 5.75 Å². The summed E-state index contributed by atoms with van der Waals surface area (Å²) in [4.78, 5) is 11.7. The van der Waals surface area contributed by atoms with Crippen LogP contribution in [0.25, 0.3) is 0 Å². The fourth-order valence-electron chi connectivity index (χ4n) is 2.54. The first-order chi connectivity index (χ1) is 9.24. The third-order valence-electron chi connectivity index (χ3n) is 3.63. The molecule has 19 heavy (non-hydrogen) atoms. The number of carbonyl (C=O) groups excluding carboxylic acids is 1. The first-order valence-corrected chi connectivity index (χ1v) is 8.21. The van der Waals surface area contributed by atoms with Gasteiger partial charge in [0.1, 0.15) is 5.75 Å². The summed E-state index contributed by atoms with van der Waals surface area (Å²) in [6.45, 7) is 2.94. The average molecular weight is 325 g/mol. The maximum atomic E-state index is 11.7. The van der Waals surface area contributed by atoms with Crippen molar-refractivity contribution >= 4 is 21.7 Å². The second-order valence-electron chi connectivity index (χ2n) is 5.22. The molecule has 0 bridgehead atoms. The first-order valence-electron chi connectivity index (χ1n) is 7.09. The van der Waals surface area contributed by atoms with Gasteiger partial charge in [0.05, 0.1) is 6.61 Å². The number of rotatable bonds is 6. The first kappa shape index (κ1) is 14.6. The van der Waals surface area contributed by atoms with E-state index in [9.17, 15) is 4.79 Å². The van der Waals surface area contributed by atoms with E-state index < -0.39 is 0 Å². The Morgan fingerprint density at radius 2 is 2.21 bits per heavy atom. The quantitative estimate of drug-likeness (QED) is 0.725. The normalized spacial score (nSPS) is 16.0. The molecule has 0 radical (unpaired) electrons. The van der Waals surface area contributed by atoms with Gasteiger partial charge in [0.15, 0.2) is 5.78 Å². The molecule has 2 rings (SSSR count). The van der Waals surface area contributed by atoms with Crippen LogP contribution in [0, 0.1) is 5.92 Å². The van der Waals surface area contributed by atoms with Crippen LogP contribution in [0.15, 0.2) is 18.2 Å². The van der Waals surface area contributed by atoms with Crippen LogP contribution in [0.4, 0.5) is 0 Å². The summed E-state index contributed by atoms with van der Waals surface area (Å²) in [5.41, 5.74) is 2.05. The highest BCUT2D eigenvalue weighted by molar-refractivity contribution is 9.09. The van der Waals surface area contributed by atoms with Crippen molar-refractivity contribution in [3.8, 4) is 5.75 Å². The second-order valence-corrected chi connectivity index (χ2v) is 5.86. The Balaban J connectivity index is 2.00. The third kappa shape index (κ3) is 3.82. The van der Waals surface area contributed by atoms with Crippen LogP contribution < -0.4 is 4.74 Å². The number of ether oxygens (including phenoxy) is 1. The van der Waals surface area contributed by atoms with Crippen LogP contribution in [0.2, 0.25) is 0 Å². The summed E-state index contributed by atoms with van der Waals surface area (Å²) < 4.78 is 5.87. The highest BCUT2D eigenvalue weighted by atomic mass is 79.9. The third-order valence-corrected chi connectivity index (χ3v) is 4.54. The number of carbonyl (C=O) groups is 1. The predicted molar refractivity (Wildman–Crippen MR) is 81.4 cm³/mol. The van der Waals surface area contributed by atoms with Crippen molar-refractivity contribution in [2.75, 3.05) is 11.9 Å². The van der Waals surface area contributed by atoms with Gasteiger partial charge in [0.25, 0.3) is 0 Å². The summed E-state index contributed by atoms with van der Waals surface area (Å²) >= 11 is 3.53. The number of alkyl halides is 1. The lowest BCUT2D eigenvalue weighted by Crippen LogP contribution is -2.14. The maximum absolute atomic E-state index is 11.7. The molecule has 0 fully saturated rings. The van der Waals surface area contributed by atoms with Gasteiger partial charge in [-0.25, -0.2) is 0 Å². The SMILES string of the molecule is CCCC(CBr)COc1ccc2c(c1)CCCC2=O. The van der Waals surface area contributed by atoms with E-state index in [0.29, 0.717) is 12.3 Å². The Labute approximate surface area is 123 Å². The van der Waals surface area contributed by atoms with E-state index in [0.717, 1.165) is 41.7 Å². The molecule has 0 spiro atoms. The lowest BCUT2D eigenvalue weighted by molar-refractivity contribution is 0.0972. The predicted octanol–water partition coefficient (Wildman–Crippen LogP) is 4.40. The molecule has 0 amide bonds. The highest BCUT2D eigenvalue weighted by Crippen LogP contribution is 2.26. The van der Waals surface area contributed by atoms with Crippen LogP contribution in [0.1, 0.15) is 48.5 Å². The molecular weight excluding hydrogens is 304 g/mol. The van der Waals surface area contributed by atoms with Crippen LogP contribution in [-0.4, -0.2) is 17.7 Å². The Hall–Kier alpha value is -0.830. The minimum Gasteiger partial charge on any atom is -0.493 e. The summed E-state index contributed by atoms with van der Waals surface area (Å²) in [7, 11) is 0. The van der Waals surface area contributed by atoms with Crippen molar-refractivity contribution in [3.05, 3.63) is 29.3 Å². The van der Waals surface area contributed by atoms with E-state index in [1.807, 2.05) is 18.2 Å². The number of benzene rings is 1. The van der Waals surface area contributed by atoms with Gasteiger partial charge < -0.3 is 4.74 Å². The van der Waals surface area contributed by atoms with Gasteiger partial charge in [-0.15, -0.1) is 0 Å². The number of fused-ring (bicyclic) bond motifs is 1. The van der Waals surface area contributed by atoms with Crippen molar-refractivity contribution in [1.82, 2.24) is 0 Å². The van der Waals surface area contributed by atoms with Crippen molar-refractivity contribution in [2.24, 2.45) is 5.92 Å². The molecular formula is C16H21BrO2. The minimum atomic E-state index is 0.275. The van der Waals surface area contributed by atoms with Crippen LogP contribution >= 0.6 is 15.9 Å². The lowest BCUT2D eigenvalue weighted by Gasteiger charge is -2.18. The Morgan fingerprint density at radius 3 is 2.95 bits per heavy atom. The van der Waals surface area contributed by atoms with E-state index >= 15 is 0 Å². The van der Waals surface area contributed by atoms with Crippen molar-refractivity contribution in [2.45, 2.75) is 39.0 Å². The summed E-state index contributed by atoms with van der Waals surface area (Å²) in [6, 6.07) is 5.90. The fraction of sp³-hybridized carbons (Fsp3) is 0.562. The monoisotopic (exact) mass is 324 g/mol. The molecule has 1 unspecified atom stereocenters. The number of halogens is 1. The molecule has 3 heteroatoms.